The molecule has 0 spiro atoms. The zero-order chi connectivity index (χ0) is 16.2. The topological polar surface area (TPSA) is 110 Å². The molecular formula is C14H11ClN6O2. The molecule has 0 atom stereocenters. The summed E-state index contributed by atoms with van der Waals surface area (Å²) in [7, 11) is 0. The van der Waals surface area contributed by atoms with E-state index in [1.807, 2.05) is 24.3 Å². The van der Waals surface area contributed by atoms with Crippen molar-refractivity contribution >= 4 is 23.1 Å². The first-order valence-corrected chi connectivity index (χ1v) is 7.00. The Hall–Kier alpha value is -3.00. The van der Waals surface area contributed by atoms with Gasteiger partial charge in [-0.15, -0.1) is 0 Å². The number of anilines is 1. The number of rotatable bonds is 5. The molecular weight excluding hydrogens is 320 g/mol. The number of aromatic nitrogens is 4. The van der Waals surface area contributed by atoms with Crippen LogP contribution in [0.3, 0.4) is 0 Å². The number of hydrogen-bond acceptors (Lipinski definition) is 6. The van der Waals surface area contributed by atoms with Gasteiger partial charge < -0.3 is 5.32 Å². The van der Waals surface area contributed by atoms with Gasteiger partial charge in [-0.25, -0.2) is 9.97 Å². The van der Waals surface area contributed by atoms with Crippen LogP contribution in [-0.2, 0) is 6.54 Å². The number of pyridine rings is 1. The summed E-state index contributed by atoms with van der Waals surface area (Å²) in [4.78, 5) is 18.2. The zero-order valence-corrected chi connectivity index (χ0v) is 12.5. The van der Waals surface area contributed by atoms with E-state index < -0.39 is 4.92 Å². The molecule has 0 saturated carbocycles. The molecule has 0 fully saturated rings. The predicted octanol–water partition coefficient (Wildman–Crippen LogP) is 3.04. The van der Waals surface area contributed by atoms with E-state index in [4.69, 9.17) is 11.6 Å². The number of halogens is 1. The molecule has 2 heterocycles. The van der Waals surface area contributed by atoms with E-state index in [1.54, 1.807) is 0 Å². The highest BCUT2D eigenvalue weighted by Crippen LogP contribution is 2.24. The Morgan fingerprint density at radius 1 is 1.30 bits per heavy atom. The Bertz CT molecular complexity index is 837. The largest absolute Gasteiger partial charge is 0.365 e. The first kappa shape index (κ1) is 14.9. The number of hydrogen-bond donors (Lipinski definition) is 2. The number of nitrogens with one attached hydrogen (secondary N) is 2. The lowest BCUT2D eigenvalue weighted by Gasteiger charge is -2.08. The average molecular weight is 331 g/mol. The van der Waals surface area contributed by atoms with E-state index >= 15 is 0 Å². The van der Waals surface area contributed by atoms with Gasteiger partial charge >= 0.3 is 0 Å². The highest BCUT2D eigenvalue weighted by Gasteiger charge is 2.10. The summed E-state index contributed by atoms with van der Waals surface area (Å²) in [5.74, 6) is 1.07. The fourth-order valence-electron chi connectivity index (χ4n) is 2.02. The lowest BCUT2D eigenvalue weighted by molar-refractivity contribution is -0.385. The molecule has 3 rings (SSSR count). The third-order valence-corrected chi connectivity index (χ3v) is 3.40. The first-order chi connectivity index (χ1) is 11.1. The SMILES string of the molecule is O=[N+]([O-])c1cnc(NCc2cccc(-c3ncn[nH]3)c2)c(Cl)c1. The number of nitro groups is 1. The van der Waals surface area contributed by atoms with Gasteiger partial charge in [-0.05, 0) is 11.6 Å². The number of H-pyrrole nitrogens is 1. The van der Waals surface area contributed by atoms with Crippen LogP contribution in [0.1, 0.15) is 5.56 Å². The molecule has 0 aliphatic carbocycles. The van der Waals surface area contributed by atoms with Crippen LogP contribution >= 0.6 is 11.6 Å². The van der Waals surface area contributed by atoms with Gasteiger partial charge in [0.1, 0.15) is 18.3 Å². The van der Waals surface area contributed by atoms with Gasteiger partial charge in [0.15, 0.2) is 5.82 Å². The van der Waals surface area contributed by atoms with Gasteiger partial charge in [0.2, 0.25) is 0 Å². The molecule has 1 aromatic carbocycles. The predicted molar refractivity (Wildman–Crippen MR) is 85.0 cm³/mol. The normalized spacial score (nSPS) is 10.5. The van der Waals surface area contributed by atoms with Gasteiger partial charge in [0, 0.05) is 18.2 Å². The molecule has 0 saturated heterocycles. The van der Waals surface area contributed by atoms with Gasteiger partial charge in [-0.1, -0.05) is 29.8 Å². The number of nitrogens with zero attached hydrogens (tertiary/aromatic N) is 4. The molecule has 23 heavy (non-hydrogen) atoms. The molecule has 9 heteroatoms. The molecule has 0 amide bonds. The minimum atomic E-state index is -0.538. The number of benzene rings is 1. The molecule has 0 aliphatic heterocycles. The summed E-state index contributed by atoms with van der Waals surface area (Å²) in [6.45, 7) is 0.465. The van der Waals surface area contributed by atoms with Crippen molar-refractivity contribution in [1.29, 1.82) is 0 Å². The van der Waals surface area contributed by atoms with Crippen LogP contribution in [0.25, 0.3) is 11.4 Å². The summed E-state index contributed by atoms with van der Waals surface area (Å²) in [6.07, 6.45) is 2.61. The standard InChI is InChI=1S/C14H11ClN6O2/c15-12-5-11(21(22)23)7-17-14(12)16-6-9-2-1-3-10(4-9)13-18-8-19-20-13/h1-5,7-8H,6H2,(H,16,17)(H,18,19,20). The van der Waals surface area contributed by atoms with Crippen molar-refractivity contribution in [2.45, 2.75) is 6.54 Å². The second kappa shape index (κ2) is 6.41. The maximum atomic E-state index is 10.7. The van der Waals surface area contributed by atoms with Crippen molar-refractivity contribution in [3.8, 4) is 11.4 Å². The Morgan fingerprint density at radius 2 is 2.17 bits per heavy atom. The summed E-state index contributed by atoms with van der Waals surface area (Å²) in [6, 6.07) is 8.97. The second-order valence-corrected chi connectivity index (χ2v) is 5.08. The Labute approximate surface area is 135 Å². The van der Waals surface area contributed by atoms with Gasteiger partial charge in [-0.2, -0.15) is 5.10 Å². The molecule has 0 aliphatic rings. The van der Waals surface area contributed by atoms with E-state index in [1.165, 1.54) is 18.6 Å². The quantitative estimate of drug-likeness (QED) is 0.549. The third-order valence-electron chi connectivity index (χ3n) is 3.11. The minimum Gasteiger partial charge on any atom is -0.365 e. The maximum Gasteiger partial charge on any atom is 0.289 e. The zero-order valence-electron chi connectivity index (χ0n) is 11.7. The summed E-state index contributed by atoms with van der Waals surface area (Å²) in [5, 5.41) is 20.5. The average Bonchev–Trinajstić information content (AvgIpc) is 3.08. The molecule has 0 unspecified atom stereocenters. The summed E-state index contributed by atoms with van der Waals surface area (Å²) in [5.41, 5.74) is 1.74. The molecule has 2 N–H and O–H groups in total. The van der Waals surface area contributed by atoms with Crippen LogP contribution in [0.5, 0.6) is 0 Å². The first-order valence-electron chi connectivity index (χ1n) is 6.62. The van der Waals surface area contributed by atoms with Crippen LogP contribution in [0, 0.1) is 10.1 Å². The van der Waals surface area contributed by atoms with E-state index in [9.17, 15) is 10.1 Å². The lowest BCUT2D eigenvalue weighted by atomic mass is 10.1. The van der Waals surface area contributed by atoms with E-state index in [0.717, 1.165) is 11.1 Å². The Balaban J connectivity index is 1.74. The second-order valence-electron chi connectivity index (χ2n) is 4.67. The maximum absolute atomic E-state index is 10.7. The van der Waals surface area contributed by atoms with Crippen molar-refractivity contribution in [2.75, 3.05) is 5.32 Å². The summed E-state index contributed by atoms with van der Waals surface area (Å²) < 4.78 is 0. The molecule has 0 radical (unpaired) electrons. The highest BCUT2D eigenvalue weighted by molar-refractivity contribution is 6.33. The van der Waals surface area contributed by atoms with E-state index in [-0.39, 0.29) is 10.7 Å². The van der Waals surface area contributed by atoms with Crippen molar-refractivity contribution in [3.63, 3.8) is 0 Å². The highest BCUT2D eigenvalue weighted by atomic mass is 35.5. The molecule has 2 aromatic heterocycles. The van der Waals surface area contributed by atoms with Crippen molar-refractivity contribution in [3.05, 3.63) is 63.6 Å². The molecule has 116 valence electrons. The van der Waals surface area contributed by atoms with Crippen LogP contribution in [0.2, 0.25) is 5.02 Å². The van der Waals surface area contributed by atoms with Crippen LogP contribution in [0.4, 0.5) is 11.5 Å². The van der Waals surface area contributed by atoms with Crippen molar-refractivity contribution in [1.82, 2.24) is 20.2 Å². The van der Waals surface area contributed by atoms with Crippen molar-refractivity contribution < 1.29 is 4.92 Å². The van der Waals surface area contributed by atoms with Gasteiger partial charge in [0.05, 0.1) is 9.95 Å². The molecule has 0 bridgehead atoms. The monoisotopic (exact) mass is 330 g/mol. The fraction of sp³-hybridized carbons (Fsp3) is 0.0714. The Kier molecular flexibility index (Phi) is 4.15. The third kappa shape index (κ3) is 3.43. The summed E-state index contributed by atoms with van der Waals surface area (Å²) >= 11 is 6.00. The van der Waals surface area contributed by atoms with Crippen LogP contribution < -0.4 is 5.32 Å². The Morgan fingerprint density at radius 3 is 2.87 bits per heavy atom. The number of aromatic amines is 1. The smallest absolute Gasteiger partial charge is 0.289 e. The minimum absolute atomic E-state index is 0.145. The fourth-order valence-corrected chi connectivity index (χ4v) is 2.24. The van der Waals surface area contributed by atoms with Gasteiger partial charge in [-0.3, -0.25) is 15.2 Å². The van der Waals surface area contributed by atoms with E-state index in [2.05, 4.69) is 25.5 Å². The van der Waals surface area contributed by atoms with Crippen LogP contribution in [-0.4, -0.2) is 25.1 Å². The van der Waals surface area contributed by atoms with Gasteiger partial charge in [0.25, 0.3) is 5.69 Å². The molecule has 8 nitrogen and oxygen atoms in total. The lowest BCUT2D eigenvalue weighted by Crippen LogP contribution is -2.03. The van der Waals surface area contributed by atoms with Crippen molar-refractivity contribution in [2.24, 2.45) is 0 Å². The van der Waals surface area contributed by atoms with Crippen LogP contribution in [0.15, 0.2) is 42.9 Å². The van der Waals surface area contributed by atoms with E-state index in [0.29, 0.717) is 18.2 Å². The molecule has 3 aromatic rings.